The Morgan fingerprint density at radius 1 is 1.38 bits per heavy atom. The third-order valence-corrected chi connectivity index (χ3v) is 2.66. The standard InChI is InChI=1S/C13H15N5O3/c1-9(7-18-3-2-14-8-18)16-13(21)17-11-4-10(12(19)20)5-15-6-11/h2-6,8-9H,7H2,1H3,(H,19,20)(H2,16,17,21). The summed E-state index contributed by atoms with van der Waals surface area (Å²) in [6.07, 6.45) is 7.72. The molecule has 0 spiro atoms. The van der Waals surface area contributed by atoms with E-state index in [9.17, 15) is 9.59 Å². The van der Waals surface area contributed by atoms with E-state index in [0.29, 0.717) is 12.2 Å². The van der Waals surface area contributed by atoms with Crippen LogP contribution in [0.1, 0.15) is 17.3 Å². The Labute approximate surface area is 120 Å². The van der Waals surface area contributed by atoms with Gasteiger partial charge in [0, 0.05) is 31.2 Å². The fourth-order valence-corrected chi connectivity index (χ4v) is 1.77. The topological polar surface area (TPSA) is 109 Å². The maximum atomic E-state index is 11.8. The number of nitrogens with zero attached hydrogens (tertiary/aromatic N) is 3. The molecule has 110 valence electrons. The molecule has 2 amide bonds. The van der Waals surface area contributed by atoms with Gasteiger partial charge in [-0.2, -0.15) is 0 Å². The normalized spacial score (nSPS) is 11.7. The molecule has 0 radical (unpaired) electrons. The molecule has 8 heteroatoms. The highest BCUT2D eigenvalue weighted by atomic mass is 16.4. The van der Waals surface area contributed by atoms with Crippen LogP contribution in [-0.2, 0) is 6.54 Å². The van der Waals surface area contributed by atoms with Gasteiger partial charge in [0.15, 0.2) is 0 Å². The third-order valence-electron chi connectivity index (χ3n) is 2.66. The quantitative estimate of drug-likeness (QED) is 0.766. The van der Waals surface area contributed by atoms with Crippen molar-refractivity contribution in [2.75, 3.05) is 5.32 Å². The lowest BCUT2D eigenvalue weighted by Crippen LogP contribution is -2.38. The zero-order valence-corrected chi connectivity index (χ0v) is 11.4. The Morgan fingerprint density at radius 3 is 2.86 bits per heavy atom. The second-order valence-electron chi connectivity index (χ2n) is 4.53. The molecule has 0 saturated heterocycles. The van der Waals surface area contributed by atoms with Gasteiger partial charge in [0.1, 0.15) is 0 Å². The number of carboxylic acid groups (broad SMARTS) is 1. The van der Waals surface area contributed by atoms with E-state index in [4.69, 9.17) is 5.11 Å². The maximum Gasteiger partial charge on any atom is 0.337 e. The number of hydrogen-bond donors (Lipinski definition) is 3. The minimum atomic E-state index is -1.10. The van der Waals surface area contributed by atoms with Gasteiger partial charge < -0.3 is 20.3 Å². The number of nitrogens with one attached hydrogen (secondary N) is 2. The molecular weight excluding hydrogens is 274 g/mol. The molecule has 0 aliphatic heterocycles. The zero-order chi connectivity index (χ0) is 15.2. The van der Waals surface area contributed by atoms with E-state index in [0.717, 1.165) is 0 Å². The van der Waals surface area contributed by atoms with Crippen molar-refractivity contribution in [2.45, 2.75) is 19.5 Å². The highest BCUT2D eigenvalue weighted by Gasteiger charge is 2.10. The summed E-state index contributed by atoms with van der Waals surface area (Å²) in [6, 6.07) is 0.803. The van der Waals surface area contributed by atoms with Crippen LogP contribution < -0.4 is 10.6 Å². The van der Waals surface area contributed by atoms with E-state index in [1.165, 1.54) is 18.5 Å². The first-order valence-corrected chi connectivity index (χ1v) is 6.26. The van der Waals surface area contributed by atoms with Crippen molar-refractivity contribution in [3.8, 4) is 0 Å². The summed E-state index contributed by atoms with van der Waals surface area (Å²) in [5.41, 5.74) is 0.335. The molecular formula is C13H15N5O3. The number of hydrogen-bond acceptors (Lipinski definition) is 4. The fourth-order valence-electron chi connectivity index (χ4n) is 1.77. The van der Waals surface area contributed by atoms with Gasteiger partial charge in [-0.1, -0.05) is 0 Å². The van der Waals surface area contributed by atoms with E-state index in [2.05, 4.69) is 20.6 Å². The Morgan fingerprint density at radius 2 is 2.19 bits per heavy atom. The zero-order valence-electron chi connectivity index (χ0n) is 11.4. The van der Waals surface area contributed by atoms with E-state index in [1.54, 1.807) is 18.7 Å². The number of aromatic nitrogens is 3. The molecule has 0 aromatic carbocycles. The molecule has 0 aliphatic rings. The van der Waals surface area contributed by atoms with Gasteiger partial charge in [-0.05, 0) is 13.0 Å². The first-order valence-electron chi connectivity index (χ1n) is 6.26. The van der Waals surface area contributed by atoms with Crippen LogP contribution in [0, 0.1) is 0 Å². The molecule has 2 heterocycles. The highest BCUT2D eigenvalue weighted by Crippen LogP contribution is 2.08. The van der Waals surface area contributed by atoms with Crippen LogP contribution in [0.15, 0.2) is 37.2 Å². The van der Waals surface area contributed by atoms with Crippen LogP contribution in [-0.4, -0.2) is 37.7 Å². The predicted octanol–water partition coefficient (Wildman–Crippen LogP) is 1.19. The first-order chi connectivity index (χ1) is 10.0. The summed E-state index contributed by atoms with van der Waals surface area (Å²) in [4.78, 5) is 30.3. The summed E-state index contributed by atoms with van der Waals surface area (Å²) in [6.45, 7) is 2.44. The molecule has 0 saturated carbocycles. The number of urea groups is 1. The predicted molar refractivity (Wildman–Crippen MR) is 75.0 cm³/mol. The van der Waals surface area contributed by atoms with Crippen LogP contribution in [0.25, 0.3) is 0 Å². The average molecular weight is 289 g/mol. The number of pyridine rings is 1. The number of rotatable bonds is 5. The molecule has 2 aromatic heterocycles. The van der Waals surface area contributed by atoms with Crippen molar-refractivity contribution in [1.82, 2.24) is 19.9 Å². The van der Waals surface area contributed by atoms with Gasteiger partial charge >= 0.3 is 12.0 Å². The first kappa shape index (κ1) is 14.5. The second kappa shape index (κ2) is 6.51. The largest absolute Gasteiger partial charge is 0.478 e. The molecule has 0 fully saturated rings. The Bertz CT molecular complexity index is 626. The minimum Gasteiger partial charge on any atom is -0.478 e. The van der Waals surface area contributed by atoms with Gasteiger partial charge in [-0.3, -0.25) is 4.98 Å². The minimum absolute atomic E-state index is 0.0132. The van der Waals surface area contributed by atoms with Crippen LogP contribution in [0.2, 0.25) is 0 Å². The van der Waals surface area contributed by atoms with Gasteiger partial charge in [0.2, 0.25) is 0 Å². The summed E-state index contributed by atoms with van der Waals surface area (Å²) in [5, 5.41) is 14.1. The number of carbonyl (C=O) groups is 2. The van der Waals surface area contributed by atoms with Crippen molar-refractivity contribution in [1.29, 1.82) is 0 Å². The molecule has 1 atom stereocenters. The summed E-state index contributed by atoms with van der Waals surface area (Å²) >= 11 is 0. The maximum absolute atomic E-state index is 11.8. The molecule has 0 bridgehead atoms. The highest BCUT2D eigenvalue weighted by molar-refractivity contribution is 5.92. The Balaban J connectivity index is 1.89. The number of carboxylic acids is 1. The lowest BCUT2D eigenvalue weighted by atomic mass is 10.2. The third kappa shape index (κ3) is 4.30. The lowest BCUT2D eigenvalue weighted by Gasteiger charge is -2.15. The monoisotopic (exact) mass is 289 g/mol. The van der Waals surface area contributed by atoms with Crippen molar-refractivity contribution in [3.05, 3.63) is 42.7 Å². The smallest absolute Gasteiger partial charge is 0.337 e. The van der Waals surface area contributed by atoms with E-state index in [1.807, 2.05) is 11.5 Å². The molecule has 2 aromatic rings. The Hall–Kier alpha value is -2.90. The number of carbonyl (C=O) groups excluding carboxylic acids is 1. The average Bonchev–Trinajstić information content (AvgIpc) is 2.91. The number of amides is 2. The van der Waals surface area contributed by atoms with Crippen molar-refractivity contribution >= 4 is 17.7 Å². The summed E-state index contributed by atoms with van der Waals surface area (Å²) in [7, 11) is 0. The summed E-state index contributed by atoms with van der Waals surface area (Å²) in [5.74, 6) is -1.10. The van der Waals surface area contributed by atoms with Crippen LogP contribution in [0.3, 0.4) is 0 Å². The van der Waals surface area contributed by atoms with Crippen LogP contribution >= 0.6 is 0 Å². The van der Waals surface area contributed by atoms with E-state index >= 15 is 0 Å². The molecule has 21 heavy (non-hydrogen) atoms. The SMILES string of the molecule is CC(Cn1ccnc1)NC(=O)Nc1cncc(C(=O)O)c1. The van der Waals surface area contributed by atoms with Crippen LogP contribution in [0.4, 0.5) is 10.5 Å². The van der Waals surface area contributed by atoms with Gasteiger partial charge in [0.05, 0.1) is 23.8 Å². The molecule has 1 unspecified atom stereocenters. The number of anilines is 1. The lowest BCUT2D eigenvalue weighted by molar-refractivity contribution is 0.0696. The summed E-state index contributed by atoms with van der Waals surface area (Å²) < 4.78 is 1.84. The fraction of sp³-hybridized carbons (Fsp3) is 0.231. The van der Waals surface area contributed by atoms with E-state index in [-0.39, 0.29) is 11.6 Å². The number of imidazole rings is 1. The van der Waals surface area contributed by atoms with Crippen molar-refractivity contribution in [3.63, 3.8) is 0 Å². The second-order valence-corrected chi connectivity index (χ2v) is 4.53. The Kier molecular flexibility index (Phi) is 4.50. The van der Waals surface area contributed by atoms with Gasteiger partial charge in [0.25, 0.3) is 0 Å². The number of aromatic carboxylic acids is 1. The molecule has 3 N–H and O–H groups in total. The van der Waals surface area contributed by atoms with Gasteiger partial charge in [-0.15, -0.1) is 0 Å². The van der Waals surface area contributed by atoms with Crippen molar-refractivity contribution < 1.29 is 14.7 Å². The molecule has 8 nitrogen and oxygen atoms in total. The van der Waals surface area contributed by atoms with E-state index < -0.39 is 12.0 Å². The molecule has 0 aliphatic carbocycles. The van der Waals surface area contributed by atoms with Gasteiger partial charge in [-0.25, -0.2) is 14.6 Å². The van der Waals surface area contributed by atoms with Crippen LogP contribution in [0.5, 0.6) is 0 Å². The molecule has 2 rings (SSSR count). The van der Waals surface area contributed by atoms with Crippen molar-refractivity contribution in [2.24, 2.45) is 0 Å².